The average Bonchev–Trinajstić information content (AvgIpc) is 3.47. The maximum Gasteiger partial charge on any atom is 0.226 e. The Bertz CT molecular complexity index is 783. The van der Waals surface area contributed by atoms with E-state index < -0.39 is 0 Å². The number of rotatable bonds is 2. The van der Waals surface area contributed by atoms with Crippen LogP contribution in [0.5, 0.6) is 0 Å². The van der Waals surface area contributed by atoms with Crippen LogP contribution < -0.4 is 0 Å². The maximum absolute atomic E-state index is 13.0. The normalized spacial score (nSPS) is 31.8. The molecule has 0 spiro atoms. The summed E-state index contributed by atoms with van der Waals surface area (Å²) < 4.78 is 0. The molecule has 2 aliphatic heterocycles. The molecule has 0 aromatic carbocycles. The Labute approximate surface area is 166 Å². The van der Waals surface area contributed by atoms with Crippen LogP contribution in [-0.2, 0) is 22.6 Å². The van der Waals surface area contributed by atoms with Crippen LogP contribution in [0.3, 0.4) is 0 Å². The number of carbonyl (C=O) groups is 2. The summed E-state index contributed by atoms with van der Waals surface area (Å²) in [7, 11) is 0. The average molecular weight is 383 g/mol. The number of hydrogen-bond acceptors (Lipinski definition) is 4. The van der Waals surface area contributed by atoms with E-state index in [0.29, 0.717) is 30.2 Å². The highest BCUT2D eigenvalue weighted by Gasteiger charge is 2.55. The summed E-state index contributed by atoms with van der Waals surface area (Å²) in [5.74, 6) is 3.24. The van der Waals surface area contributed by atoms with Gasteiger partial charge in [-0.1, -0.05) is 12.8 Å². The first-order valence-corrected chi connectivity index (χ1v) is 11.0. The Morgan fingerprint density at radius 3 is 2.57 bits per heavy atom. The van der Waals surface area contributed by atoms with Crippen molar-refractivity contribution in [2.75, 3.05) is 19.6 Å². The van der Waals surface area contributed by atoms with Crippen LogP contribution in [0.2, 0.25) is 0 Å². The van der Waals surface area contributed by atoms with Crippen molar-refractivity contribution in [3.63, 3.8) is 0 Å². The number of amides is 2. The fraction of sp³-hybridized carbons (Fsp3) is 0.727. The van der Waals surface area contributed by atoms with Gasteiger partial charge in [-0.2, -0.15) is 0 Å². The van der Waals surface area contributed by atoms with Crippen molar-refractivity contribution in [3.05, 3.63) is 23.3 Å². The van der Waals surface area contributed by atoms with Gasteiger partial charge in [0.25, 0.3) is 0 Å². The zero-order valence-corrected chi connectivity index (χ0v) is 16.8. The third-order valence-corrected chi connectivity index (χ3v) is 7.44. The molecule has 6 nitrogen and oxygen atoms in total. The number of nitrogens with zero attached hydrogens (tertiary/aromatic N) is 4. The van der Waals surface area contributed by atoms with E-state index in [1.165, 1.54) is 25.7 Å². The molecule has 2 amide bonds. The lowest BCUT2D eigenvalue weighted by Crippen LogP contribution is -2.39. The molecule has 0 radical (unpaired) electrons. The molecule has 2 aliphatic carbocycles. The summed E-state index contributed by atoms with van der Waals surface area (Å²) in [6.45, 7) is 4.65. The highest BCUT2D eigenvalue weighted by molar-refractivity contribution is 5.82. The molecule has 1 aromatic heterocycles. The van der Waals surface area contributed by atoms with Crippen molar-refractivity contribution in [2.24, 2.45) is 17.8 Å². The molecule has 1 aromatic rings. The van der Waals surface area contributed by atoms with Gasteiger partial charge in [0.15, 0.2) is 0 Å². The first kappa shape index (κ1) is 18.1. The van der Waals surface area contributed by atoms with Gasteiger partial charge in [-0.15, -0.1) is 0 Å². The molecule has 28 heavy (non-hydrogen) atoms. The molecule has 2 saturated carbocycles. The van der Waals surface area contributed by atoms with Crippen LogP contribution in [0.4, 0.5) is 0 Å². The smallest absolute Gasteiger partial charge is 0.226 e. The van der Waals surface area contributed by atoms with Gasteiger partial charge in [0.2, 0.25) is 11.8 Å². The monoisotopic (exact) mass is 382 g/mol. The van der Waals surface area contributed by atoms with Crippen LogP contribution >= 0.6 is 0 Å². The highest BCUT2D eigenvalue weighted by atomic mass is 16.2. The maximum atomic E-state index is 13.0. The first-order valence-electron chi connectivity index (χ1n) is 11.0. The van der Waals surface area contributed by atoms with E-state index in [4.69, 9.17) is 4.98 Å². The number of fused-ring (bicyclic) bond motifs is 2. The van der Waals surface area contributed by atoms with Gasteiger partial charge in [-0.3, -0.25) is 9.59 Å². The second-order valence-corrected chi connectivity index (χ2v) is 9.15. The molecule has 4 atom stereocenters. The van der Waals surface area contributed by atoms with Gasteiger partial charge < -0.3 is 9.80 Å². The first-order chi connectivity index (χ1) is 13.6. The van der Waals surface area contributed by atoms with Crippen molar-refractivity contribution in [3.8, 4) is 0 Å². The molecule has 0 N–H and O–H groups in total. The van der Waals surface area contributed by atoms with E-state index >= 15 is 0 Å². The molecule has 1 unspecified atom stereocenters. The topological polar surface area (TPSA) is 66.4 Å². The summed E-state index contributed by atoms with van der Waals surface area (Å²) in [4.78, 5) is 38.2. The van der Waals surface area contributed by atoms with Gasteiger partial charge in [0.05, 0.1) is 5.69 Å². The van der Waals surface area contributed by atoms with E-state index in [1.54, 1.807) is 6.92 Å². The Morgan fingerprint density at radius 1 is 1.04 bits per heavy atom. The quantitative estimate of drug-likeness (QED) is 0.788. The number of piperidine rings is 1. The molecule has 3 fully saturated rings. The van der Waals surface area contributed by atoms with Gasteiger partial charge in [-0.25, -0.2) is 9.97 Å². The summed E-state index contributed by atoms with van der Waals surface area (Å²) in [6.07, 6.45) is 9.90. The molecule has 4 aliphatic rings. The van der Waals surface area contributed by atoms with Gasteiger partial charge in [0.1, 0.15) is 5.82 Å². The molecular weight excluding hydrogens is 352 g/mol. The third kappa shape index (κ3) is 3.20. The standard InChI is InChI=1S/C22H30N4O2/c1-14(27)25-9-4-5-15(12-25)21-23-11-16-13-26(10-8-19(16)24-21)22(28)20-17-6-2-3-7-18(17)20/h11,15,17-18,20H,2-10,12-13H2,1H3/t15-,17-,18+,20?/m0/s1. The molecular formula is C22H30N4O2. The van der Waals surface area contributed by atoms with Crippen molar-refractivity contribution in [2.45, 2.75) is 64.3 Å². The minimum absolute atomic E-state index is 0.137. The van der Waals surface area contributed by atoms with Crippen LogP contribution in [0, 0.1) is 17.8 Å². The van der Waals surface area contributed by atoms with E-state index in [2.05, 4.69) is 4.98 Å². The Hall–Kier alpha value is -1.98. The summed E-state index contributed by atoms with van der Waals surface area (Å²) in [5.41, 5.74) is 2.20. The van der Waals surface area contributed by atoms with Crippen molar-refractivity contribution >= 4 is 11.8 Å². The van der Waals surface area contributed by atoms with Crippen LogP contribution in [0.15, 0.2) is 6.20 Å². The largest absolute Gasteiger partial charge is 0.342 e. The van der Waals surface area contributed by atoms with E-state index in [9.17, 15) is 9.59 Å². The molecule has 0 bridgehead atoms. The zero-order chi connectivity index (χ0) is 19.3. The molecule has 6 heteroatoms. The fourth-order valence-electron chi connectivity index (χ4n) is 5.76. The van der Waals surface area contributed by atoms with E-state index in [-0.39, 0.29) is 11.8 Å². The number of likely N-dealkylation sites (tertiary alicyclic amines) is 1. The van der Waals surface area contributed by atoms with Crippen LogP contribution in [-0.4, -0.2) is 51.2 Å². The number of aromatic nitrogens is 2. The Balaban J connectivity index is 1.26. The van der Waals surface area contributed by atoms with Gasteiger partial charge >= 0.3 is 0 Å². The molecule has 3 heterocycles. The van der Waals surface area contributed by atoms with Crippen LogP contribution in [0.25, 0.3) is 0 Å². The number of carbonyl (C=O) groups excluding carboxylic acids is 2. The Kier molecular flexibility index (Phi) is 4.60. The minimum atomic E-state index is 0.137. The number of hydrogen-bond donors (Lipinski definition) is 0. The Morgan fingerprint density at radius 2 is 1.82 bits per heavy atom. The zero-order valence-electron chi connectivity index (χ0n) is 16.8. The lowest BCUT2D eigenvalue weighted by Gasteiger charge is -2.32. The van der Waals surface area contributed by atoms with E-state index in [0.717, 1.165) is 56.0 Å². The third-order valence-electron chi connectivity index (χ3n) is 7.44. The minimum Gasteiger partial charge on any atom is -0.342 e. The summed E-state index contributed by atoms with van der Waals surface area (Å²) in [5, 5.41) is 0. The second kappa shape index (κ2) is 7.12. The van der Waals surface area contributed by atoms with Gasteiger partial charge in [-0.05, 0) is 37.5 Å². The highest BCUT2D eigenvalue weighted by Crippen LogP contribution is 2.56. The van der Waals surface area contributed by atoms with E-state index in [1.807, 2.05) is 16.0 Å². The predicted molar refractivity (Wildman–Crippen MR) is 104 cm³/mol. The second-order valence-electron chi connectivity index (χ2n) is 9.15. The van der Waals surface area contributed by atoms with Crippen molar-refractivity contribution in [1.82, 2.24) is 19.8 Å². The van der Waals surface area contributed by atoms with Gasteiger partial charge in [0, 0.05) is 63.1 Å². The summed E-state index contributed by atoms with van der Waals surface area (Å²) in [6, 6.07) is 0. The van der Waals surface area contributed by atoms with Crippen molar-refractivity contribution < 1.29 is 9.59 Å². The summed E-state index contributed by atoms with van der Waals surface area (Å²) >= 11 is 0. The predicted octanol–water partition coefficient (Wildman–Crippen LogP) is 2.52. The SMILES string of the molecule is CC(=O)N1CCC[C@H](c2ncc3c(n2)CCN(C(=O)C2[C@H]4CCCC[C@@H]24)C3)C1. The lowest BCUT2D eigenvalue weighted by atomic mass is 9.96. The lowest BCUT2D eigenvalue weighted by molar-refractivity contribution is -0.134. The van der Waals surface area contributed by atoms with Crippen molar-refractivity contribution in [1.29, 1.82) is 0 Å². The van der Waals surface area contributed by atoms with Crippen LogP contribution in [0.1, 0.15) is 68.4 Å². The molecule has 5 rings (SSSR count). The molecule has 150 valence electrons. The molecule has 1 saturated heterocycles. The fourth-order valence-corrected chi connectivity index (χ4v) is 5.76.